The Balaban J connectivity index is 3.03. The van der Waals surface area contributed by atoms with Gasteiger partial charge in [0.2, 0.25) is 0 Å². The predicted molar refractivity (Wildman–Crippen MR) is 69.1 cm³/mol. The van der Waals surface area contributed by atoms with Crippen LogP contribution in [0.15, 0.2) is 12.1 Å². The average molecular weight is 238 g/mol. The minimum atomic E-state index is -0.678. The summed E-state index contributed by atoms with van der Waals surface area (Å²) in [4.78, 5) is 0. The fraction of sp³-hybridized carbons (Fsp3) is 0.538. The van der Waals surface area contributed by atoms with Crippen LogP contribution < -0.4 is 16.2 Å². The molecule has 1 aromatic rings. The van der Waals surface area contributed by atoms with Crippen LogP contribution in [0, 0.1) is 13.8 Å². The second-order valence-corrected chi connectivity index (χ2v) is 4.29. The Morgan fingerprint density at radius 2 is 1.94 bits per heavy atom. The van der Waals surface area contributed by atoms with Gasteiger partial charge in [0, 0.05) is 6.04 Å². The molecule has 1 aromatic carbocycles. The Hall–Kier alpha value is -1.10. The van der Waals surface area contributed by atoms with E-state index < -0.39 is 6.10 Å². The molecule has 0 aromatic heterocycles. The van der Waals surface area contributed by atoms with Crippen LogP contribution in [-0.4, -0.2) is 24.8 Å². The smallest absolute Gasteiger partial charge is 0.122 e. The SMILES string of the molecule is COc1ccc(C(O)C(N)CCN)c(C)c1C. The molecule has 0 bridgehead atoms. The van der Waals surface area contributed by atoms with Crippen molar-refractivity contribution in [2.45, 2.75) is 32.4 Å². The molecule has 0 amide bonds. The fourth-order valence-electron chi connectivity index (χ4n) is 1.94. The van der Waals surface area contributed by atoms with Gasteiger partial charge in [0.25, 0.3) is 0 Å². The molecule has 0 heterocycles. The molecule has 0 fully saturated rings. The van der Waals surface area contributed by atoms with Gasteiger partial charge >= 0.3 is 0 Å². The molecule has 5 N–H and O–H groups in total. The van der Waals surface area contributed by atoms with Crippen molar-refractivity contribution in [3.8, 4) is 5.75 Å². The average Bonchev–Trinajstić information content (AvgIpc) is 2.32. The van der Waals surface area contributed by atoms with Crippen molar-refractivity contribution in [1.29, 1.82) is 0 Å². The van der Waals surface area contributed by atoms with Crippen LogP contribution in [0.25, 0.3) is 0 Å². The summed E-state index contributed by atoms with van der Waals surface area (Å²) in [6.07, 6.45) is -0.0748. The van der Waals surface area contributed by atoms with Crippen LogP contribution in [0.3, 0.4) is 0 Å². The van der Waals surface area contributed by atoms with E-state index in [0.29, 0.717) is 13.0 Å². The summed E-state index contributed by atoms with van der Waals surface area (Å²) in [5.41, 5.74) is 14.2. The second-order valence-electron chi connectivity index (χ2n) is 4.29. The van der Waals surface area contributed by atoms with Crippen LogP contribution in [-0.2, 0) is 0 Å². The fourth-order valence-corrected chi connectivity index (χ4v) is 1.94. The van der Waals surface area contributed by atoms with Gasteiger partial charge in [0.1, 0.15) is 5.75 Å². The van der Waals surface area contributed by atoms with E-state index in [1.807, 2.05) is 26.0 Å². The van der Waals surface area contributed by atoms with Crippen LogP contribution >= 0.6 is 0 Å². The van der Waals surface area contributed by atoms with Crippen molar-refractivity contribution < 1.29 is 9.84 Å². The Labute approximate surface area is 103 Å². The highest BCUT2D eigenvalue weighted by Crippen LogP contribution is 2.29. The highest BCUT2D eigenvalue weighted by atomic mass is 16.5. The maximum absolute atomic E-state index is 10.2. The molecule has 2 atom stereocenters. The molecule has 1 rings (SSSR count). The summed E-state index contributed by atoms with van der Waals surface area (Å²) in [5.74, 6) is 0.825. The minimum Gasteiger partial charge on any atom is -0.496 e. The monoisotopic (exact) mass is 238 g/mol. The van der Waals surface area contributed by atoms with E-state index in [0.717, 1.165) is 22.4 Å². The number of methoxy groups -OCH3 is 1. The lowest BCUT2D eigenvalue weighted by Crippen LogP contribution is -2.31. The Morgan fingerprint density at radius 1 is 1.29 bits per heavy atom. The van der Waals surface area contributed by atoms with Crippen LogP contribution in [0.1, 0.15) is 29.2 Å². The van der Waals surface area contributed by atoms with Crippen molar-refractivity contribution in [2.75, 3.05) is 13.7 Å². The van der Waals surface area contributed by atoms with E-state index in [-0.39, 0.29) is 6.04 Å². The van der Waals surface area contributed by atoms with Gasteiger partial charge in [0.15, 0.2) is 0 Å². The van der Waals surface area contributed by atoms with E-state index in [1.54, 1.807) is 7.11 Å². The van der Waals surface area contributed by atoms with E-state index in [2.05, 4.69) is 0 Å². The summed E-state index contributed by atoms with van der Waals surface area (Å²) in [5, 5.41) is 10.2. The second kappa shape index (κ2) is 6.00. The van der Waals surface area contributed by atoms with E-state index in [9.17, 15) is 5.11 Å². The molecule has 0 spiro atoms. The Morgan fingerprint density at radius 3 is 2.47 bits per heavy atom. The van der Waals surface area contributed by atoms with Crippen molar-refractivity contribution in [2.24, 2.45) is 11.5 Å². The summed E-state index contributed by atoms with van der Waals surface area (Å²) in [6.45, 7) is 4.41. The third kappa shape index (κ3) is 2.97. The molecule has 0 saturated heterocycles. The van der Waals surface area contributed by atoms with Crippen molar-refractivity contribution in [3.05, 3.63) is 28.8 Å². The number of ether oxygens (including phenoxy) is 1. The molecule has 0 saturated carbocycles. The molecule has 0 aliphatic rings. The summed E-state index contributed by atoms with van der Waals surface area (Å²) >= 11 is 0. The number of aliphatic hydroxyl groups excluding tert-OH is 1. The number of benzene rings is 1. The van der Waals surface area contributed by atoms with Crippen molar-refractivity contribution in [3.63, 3.8) is 0 Å². The molecule has 17 heavy (non-hydrogen) atoms. The topological polar surface area (TPSA) is 81.5 Å². The quantitative estimate of drug-likeness (QED) is 0.715. The third-order valence-corrected chi connectivity index (χ3v) is 3.22. The Bertz CT molecular complexity index is 380. The lowest BCUT2D eigenvalue weighted by molar-refractivity contribution is 0.142. The Kier molecular flexibility index (Phi) is 4.93. The van der Waals surface area contributed by atoms with E-state index in [4.69, 9.17) is 16.2 Å². The van der Waals surface area contributed by atoms with Gasteiger partial charge in [-0.05, 0) is 49.6 Å². The van der Waals surface area contributed by atoms with Crippen LogP contribution in [0.2, 0.25) is 0 Å². The normalized spacial score (nSPS) is 14.5. The zero-order valence-corrected chi connectivity index (χ0v) is 10.7. The van der Waals surface area contributed by atoms with Gasteiger partial charge < -0.3 is 21.3 Å². The highest BCUT2D eigenvalue weighted by Gasteiger charge is 2.19. The van der Waals surface area contributed by atoms with Crippen LogP contribution in [0.4, 0.5) is 0 Å². The maximum Gasteiger partial charge on any atom is 0.122 e. The van der Waals surface area contributed by atoms with Gasteiger partial charge in [-0.15, -0.1) is 0 Å². The molecule has 0 radical (unpaired) electrons. The highest BCUT2D eigenvalue weighted by molar-refractivity contribution is 5.44. The summed E-state index contributed by atoms with van der Waals surface area (Å²) < 4.78 is 5.24. The first kappa shape index (κ1) is 14.0. The number of aliphatic hydroxyl groups is 1. The van der Waals surface area contributed by atoms with E-state index >= 15 is 0 Å². The minimum absolute atomic E-state index is 0.327. The molecular formula is C13H22N2O2. The number of nitrogens with two attached hydrogens (primary N) is 2. The summed E-state index contributed by atoms with van der Waals surface area (Å²) in [6, 6.07) is 3.39. The van der Waals surface area contributed by atoms with Gasteiger partial charge in [-0.25, -0.2) is 0 Å². The number of hydrogen-bond donors (Lipinski definition) is 3. The van der Waals surface area contributed by atoms with Gasteiger partial charge in [-0.2, -0.15) is 0 Å². The zero-order valence-electron chi connectivity index (χ0n) is 10.7. The standard InChI is InChI=1S/C13H22N2O2/c1-8-9(2)12(17-3)5-4-10(8)13(16)11(15)6-7-14/h4-5,11,13,16H,6-7,14-15H2,1-3H3. The van der Waals surface area contributed by atoms with Crippen LogP contribution in [0.5, 0.6) is 5.75 Å². The lowest BCUT2D eigenvalue weighted by Gasteiger charge is -2.22. The first-order chi connectivity index (χ1) is 8.02. The largest absolute Gasteiger partial charge is 0.496 e. The van der Waals surface area contributed by atoms with E-state index in [1.165, 1.54) is 0 Å². The van der Waals surface area contributed by atoms with Gasteiger partial charge in [-0.1, -0.05) is 6.07 Å². The molecule has 2 unspecified atom stereocenters. The lowest BCUT2D eigenvalue weighted by atomic mass is 9.93. The van der Waals surface area contributed by atoms with Gasteiger partial charge in [-0.3, -0.25) is 0 Å². The third-order valence-electron chi connectivity index (χ3n) is 3.22. The first-order valence-electron chi connectivity index (χ1n) is 5.80. The molecule has 96 valence electrons. The van der Waals surface area contributed by atoms with Crippen molar-refractivity contribution >= 4 is 0 Å². The molecule has 4 heteroatoms. The molecule has 4 nitrogen and oxygen atoms in total. The molecule has 0 aliphatic carbocycles. The van der Waals surface area contributed by atoms with Crippen molar-refractivity contribution in [1.82, 2.24) is 0 Å². The number of hydrogen-bond acceptors (Lipinski definition) is 4. The predicted octanol–water partition coefficient (Wildman–Crippen LogP) is 1.02. The maximum atomic E-state index is 10.2. The number of rotatable bonds is 5. The first-order valence-corrected chi connectivity index (χ1v) is 5.80. The van der Waals surface area contributed by atoms with Gasteiger partial charge in [0.05, 0.1) is 13.2 Å². The summed E-state index contributed by atoms with van der Waals surface area (Å²) in [7, 11) is 1.64. The zero-order chi connectivity index (χ0) is 13.0. The molecular weight excluding hydrogens is 216 g/mol. The molecule has 0 aliphatic heterocycles.